The van der Waals surface area contributed by atoms with Crippen LogP contribution in [0.1, 0.15) is 45.4 Å². The second-order valence-electron chi connectivity index (χ2n) is 5.25. The number of hydrogen-bond acceptors (Lipinski definition) is 1. The number of nitrogens with one attached hydrogen (secondary N) is 1. The van der Waals surface area contributed by atoms with Crippen LogP contribution in [0.2, 0.25) is 0 Å². The van der Waals surface area contributed by atoms with Crippen LogP contribution in [0.3, 0.4) is 0 Å². The fourth-order valence-corrected chi connectivity index (χ4v) is 2.88. The van der Waals surface area contributed by atoms with Gasteiger partial charge in [-0.1, -0.05) is 26.2 Å². The maximum absolute atomic E-state index is 3.54. The molecule has 0 saturated heterocycles. The largest absolute Gasteiger partial charge is 0.317 e. The third-order valence-corrected chi connectivity index (χ3v) is 3.96. The average Bonchev–Trinajstić information content (AvgIpc) is 2.84. The van der Waals surface area contributed by atoms with Crippen molar-refractivity contribution in [2.45, 2.75) is 51.5 Å². The van der Waals surface area contributed by atoms with Gasteiger partial charge >= 0.3 is 0 Å². The fourth-order valence-electron chi connectivity index (χ4n) is 2.88. The van der Waals surface area contributed by atoms with Crippen molar-refractivity contribution in [3.05, 3.63) is 0 Å². The van der Waals surface area contributed by atoms with E-state index in [1.807, 2.05) is 0 Å². The summed E-state index contributed by atoms with van der Waals surface area (Å²) in [6.45, 7) is 2.41. The maximum Gasteiger partial charge on any atom is 0.00950 e. The van der Waals surface area contributed by atoms with E-state index in [4.69, 9.17) is 0 Å². The second-order valence-corrected chi connectivity index (χ2v) is 5.25. The highest BCUT2D eigenvalue weighted by Crippen LogP contribution is 2.39. The summed E-state index contributed by atoms with van der Waals surface area (Å²) in [5.41, 5.74) is 0. The molecule has 0 aromatic rings. The topological polar surface area (TPSA) is 12.0 Å². The van der Waals surface area contributed by atoms with Crippen LogP contribution in [-0.2, 0) is 0 Å². The van der Waals surface area contributed by atoms with Crippen molar-refractivity contribution >= 4 is 0 Å². The Hall–Kier alpha value is -0.0400. The van der Waals surface area contributed by atoms with E-state index in [0.717, 1.165) is 23.8 Å². The van der Waals surface area contributed by atoms with Gasteiger partial charge in [0.25, 0.3) is 0 Å². The van der Waals surface area contributed by atoms with Gasteiger partial charge in [-0.05, 0) is 44.1 Å². The second kappa shape index (κ2) is 4.00. The molecule has 3 atom stereocenters. The maximum atomic E-state index is 3.54. The molecule has 2 fully saturated rings. The zero-order chi connectivity index (χ0) is 9.26. The summed E-state index contributed by atoms with van der Waals surface area (Å²) in [6.07, 6.45) is 8.86. The molecule has 0 aromatic heterocycles. The molecule has 0 heterocycles. The summed E-state index contributed by atoms with van der Waals surface area (Å²) in [5, 5.41) is 3.54. The highest BCUT2D eigenvalue weighted by Gasteiger charge is 2.32. The molecule has 3 unspecified atom stereocenters. The van der Waals surface area contributed by atoms with Gasteiger partial charge in [0.1, 0.15) is 0 Å². The molecule has 0 aliphatic heterocycles. The molecule has 2 rings (SSSR count). The van der Waals surface area contributed by atoms with Crippen molar-refractivity contribution in [2.75, 3.05) is 7.05 Å². The van der Waals surface area contributed by atoms with Crippen LogP contribution in [0.5, 0.6) is 0 Å². The first kappa shape index (κ1) is 9.51. The van der Waals surface area contributed by atoms with Gasteiger partial charge in [0.15, 0.2) is 0 Å². The van der Waals surface area contributed by atoms with Gasteiger partial charge in [0.2, 0.25) is 0 Å². The lowest BCUT2D eigenvalue weighted by Crippen LogP contribution is -2.32. The number of hydrogen-bond donors (Lipinski definition) is 1. The molecule has 2 aliphatic carbocycles. The zero-order valence-corrected chi connectivity index (χ0v) is 9.05. The van der Waals surface area contributed by atoms with Gasteiger partial charge < -0.3 is 5.32 Å². The Morgan fingerprint density at radius 3 is 2.46 bits per heavy atom. The van der Waals surface area contributed by atoms with Gasteiger partial charge in [0.05, 0.1) is 0 Å². The Labute approximate surface area is 82.3 Å². The molecule has 1 nitrogen and oxygen atoms in total. The van der Waals surface area contributed by atoms with E-state index in [9.17, 15) is 0 Å². The van der Waals surface area contributed by atoms with Gasteiger partial charge in [-0.2, -0.15) is 0 Å². The molecule has 1 N–H and O–H groups in total. The van der Waals surface area contributed by atoms with E-state index in [1.165, 1.54) is 38.5 Å². The molecular formula is C12H23N. The smallest absolute Gasteiger partial charge is 0.00950 e. The molecule has 0 radical (unpaired) electrons. The Kier molecular flexibility index (Phi) is 2.92. The van der Waals surface area contributed by atoms with Crippen LogP contribution in [0.25, 0.3) is 0 Å². The summed E-state index contributed by atoms with van der Waals surface area (Å²) in [6, 6.07) is 0.831. The van der Waals surface area contributed by atoms with E-state index in [-0.39, 0.29) is 0 Å². The summed E-state index contributed by atoms with van der Waals surface area (Å²) < 4.78 is 0. The van der Waals surface area contributed by atoms with Gasteiger partial charge in [-0.3, -0.25) is 0 Å². The number of rotatable bonds is 4. The lowest BCUT2D eigenvalue weighted by Gasteiger charge is -2.23. The predicted octanol–water partition coefficient (Wildman–Crippen LogP) is 2.81. The summed E-state index contributed by atoms with van der Waals surface area (Å²) in [5.74, 6) is 3.05. The van der Waals surface area contributed by atoms with Crippen molar-refractivity contribution in [1.29, 1.82) is 0 Å². The monoisotopic (exact) mass is 181 g/mol. The Balaban J connectivity index is 1.80. The van der Waals surface area contributed by atoms with Crippen molar-refractivity contribution in [2.24, 2.45) is 17.8 Å². The summed E-state index contributed by atoms with van der Waals surface area (Å²) in [7, 11) is 2.15. The van der Waals surface area contributed by atoms with Crippen molar-refractivity contribution in [3.63, 3.8) is 0 Å². The van der Waals surface area contributed by atoms with Crippen molar-refractivity contribution in [3.8, 4) is 0 Å². The van der Waals surface area contributed by atoms with E-state index in [0.29, 0.717) is 0 Å². The van der Waals surface area contributed by atoms with Crippen LogP contribution in [0.4, 0.5) is 0 Å². The molecule has 0 bridgehead atoms. The van der Waals surface area contributed by atoms with Gasteiger partial charge in [0, 0.05) is 6.04 Å². The third-order valence-electron chi connectivity index (χ3n) is 3.96. The lowest BCUT2D eigenvalue weighted by molar-refractivity contribution is 0.339. The highest BCUT2D eigenvalue weighted by atomic mass is 14.9. The quantitative estimate of drug-likeness (QED) is 0.703. The van der Waals surface area contributed by atoms with E-state index in [1.54, 1.807) is 0 Å². The Morgan fingerprint density at radius 1 is 1.23 bits per heavy atom. The first-order chi connectivity index (χ1) is 6.29. The van der Waals surface area contributed by atoms with Crippen LogP contribution >= 0.6 is 0 Å². The Bertz CT molecular complexity index is 163. The van der Waals surface area contributed by atoms with Gasteiger partial charge in [-0.25, -0.2) is 0 Å². The van der Waals surface area contributed by atoms with Crippen LogP contribution in [-0.4, -0.2) is 13.1 Å². The highest BCUT2D eigenvalue weighted by molar-refractivity contribution is 4.87. The standard InChI is InChI=1S/C12H23N/c1-9-3-6-11(7-9)12(13-2)8-10-4-5-10/h9-13H,3-8H2,1-2H3. The van der Waals surface area contributed by atoms with E-state index < -0.39 is 0 Å². The molecule has 76 valence electrons. The Morgan fingerprint density at radius 2 is 2.00 bits per heavy atom. The fraction of sp³-hybridized carbons (Fsp3) is 1.00. The SMILES string of the molecule is CNC(CC1CC1)C1CCC(C)C1. The van der Waals surface area contributed by atoms with E-state index in [2.05, 4.69) is 19.3 Å². The first-order valence-electron chi connectivity index (χ1n) is 5.97. The van der Waals surface area contributed by atoms with Gasteiger partial charge in [-0.15, -0.1) is 0 Å². The van der Waals surface area contributed by atoms with Crippen molar-refractivity contribution in [1.82, 2.24) is 5.32 Å². The molecule has 1 heteroatoms. The summed E-state index contributed by atoms with van der Waals surface area (Å²) in [4.78, 5) is 0. The van der Waals surface area contributed by atoms with Crippen LogP contribution in [0.15, 0.2) is 0 Å². The molecular weight excluding hydrogens is 158 g/mol. The first-order valence-corrected chi connectivity index (χ1v) is 5.97. The van der Waals surface area contributed by atoms with Crippen LogP contribution in [0, 0.1) is 17.8 Å². The lowest BCUT2D eigenvalue weighted by atomic mass is 9.93. The average molecular weight is 181 g/mol. The predicted molar refractivity (Wildman–Crippen MR) is 56.7 cm³/mol. The normalized spacial score (nSPS) is 36.5. The molecule has 2 aliphatic rings. The minimum absolute atomic E-state index is 0.831. The molecule has 13 heavy (non-hydrogen) atoms. The molecule has 0 spiro atoms. The summed E-state index contributed by atoms with van der Waals surface area (Å²) >= 11 is 0. The molecule has 2 saturated carbocycles. The third kappa shape index (κ3) is 2.46. The molecule has 0 aromatic carbocycles. The minimum Gasteiger partial charge on any atom is -0.317 e. The molecule has 0 amide bonds. The zero-order valence-electron chi connectivity index (χ0n) is 9.05. The van der Waals surface area contributed by atoms with Crippen molar-refractivity contribution < 1.29 is 0 Å². The minimum atomic E-state index is 0.831. The van der Waals surface area contributed by atoms with E-state index >= 15 is 0 Å². The van der Waals surface area contributed by atoms with Crippen LogP contribution < -0.4 is 5.32 Å².